The molecule has 4 aliphatic rings. The second-order valence-electron chi connectivity index (χ2n) is 11.5. The van der Waals surface area contributed by atoms with Crippen LogP contribution in [0.4, 0.5) is 29.3 Å². The van der Waals surface area contributed by atoms with Gasteiger partial charge in [-0.25, -0.2) is 18.0 Å². The minimum atomic E-state index is -2.86. The van der Waals surface area contributed by atoms with Crippen molar-refractivity contribution in [3.05, 3.63) is 59.9 Å². The third-order valence-corrected chi connectivity index (χ3v) is 9.07. The molecular formula is C30H32F3N3O4. The summed E-state index contributed by atoms with van der Waals surface area (Å²) in [4.78, 5) is 32.1. The summed E-state index contributed by atoms with van der Waals surface area (Å²) in [5, 5.41) is 11.2. The normalized spacial score (nSPS) is 26.6. The van der Waals surface area contributed by atoms with Crippen LogP contribution >= 0.6 is 0 Å². The van der Waals surface area contributed by atoms with Gasteiger partial charge in [0.2, 0.25) is 11.8 Å². The van der Waals surface area contributed by atoms with E-state index in [2.05, 4.69) is 12.1 Å². The Morgan fingerprint density at radius 3 is 2.58 bits per heavy atom. The topological polar surface area (TPSA) is 76.6 Å². The van der Waals surface area contributed by atoms with Crippen molar-refractivity contribution in [2.75, 3.05) is 36.0 Å². The number of hydrogen-bond acceptors (Lipinski definition) is 4. The lowest BCUT2D eigenvalue weighted by molar-refractivity contribution is -0.138. The average Bonchev–Trinajstić information content (AvgIpc) is 3.56. The third kappa shape index (κ3) is 4.90. The van der Waals surface area contributed by atoms with Gasteiger partial charge in [-0.1, -0.05) is 18.2 Å². The van der Waals surface area contributed by atoms with Gasteiger partial charge in [-0.3, -0.25) is 9.69 Å². The molecular weight excluding hydrogens is 523 g/mol. The summed E-state index contributed by atoms with van der Waals surface area (Å²) in [5.41, 5.74) is 0.975. The highest BCUT2D eigenvalue weighted by Gasteiger charge is 2.62. The average molecular weight is 556 g/mol. The smallest absolute Gasteiger partial charge is 0.324 e. The molecule has 2 atom stereocenters. The second kappa shape index (κ2) is 9.96. The SMILES string of the molecule is O=C(N1CCC(CC(=O)N(c2cc#ccc2)[C@@H]2CCCC(F)(F)C2)(C2(O)CO2)CC1)N1CCc2ccc(F)cc21. The number of carbonyl (C=O) groups excluding carboxylic acids is 2. The predicted molar refractivity (Wildman–Crippen MR) is 140 cm³/mol. The van der Waals surface area contributed by atoms with Gasteiger partial charge < -0.3 is 19.6 Å². The summed E-state index contributed by atoms with van der Waals surface area (Å²) < 4.78 is 48.2. The highest BCUT2D eigenvalue weighted by Crippen LogP contribution is 2.52. The maximum Gasteiger partial charge on any atom is 0.324 e. The number of piperidine rings is 1. The number of urea groups is 1. The molecule has 0 spiro atoms. The van der Waals surface area contributed by atoms with E-state index in [4.69, 9.17) is 4.74 Å². The van der Waals surface area contributed by atoms with E-state index in [1.54, 1.807) is 34.1 Å². The molecule has 0 bridgehead atoms. The van der Waals surface area contributed by atoms with Crippen LogP contribution < -0.4 is 9.80 Å². The highest BCUT2D eigenvalue weighted by atomic mass is 19.3. The zero-order valence-electron chi connectivity index (χ0n) is 22.2. The van der Waals surface area contributed by atoms with E-state index in [-0.39, 0.29) is 44.5 Å². The number of rotatable bonds is 5. The molecule has 3 amide bonds. The summed E-state index contributed by atoms with van der Waals surface area (Å²) in [6.45, 7) is 1.07. The van der Waals surface area contributed by atoms with Crippen LogP contribution in [0.1, 0.15) is 50.5 Å². The molecule has 1 unspecified atom stereocenters. The number of nitrogens with zero attached hydrogens (tertiary/aromatic N) is 3. The lowest BCUT2D eigenvalue weighted by Gasteiger charge is -2.45. The lowest BCUT2D eigenvalue weighted by atomic mass is 9.70. The van der Waals surface area contributed by atoms with Crippen LogP contribution in [0.25, 0.3) is 0 Å². The van der Waals surface area contributed by atoms with E-state index < -0.39 is 35.4 Å². The largest absolute Gasteiger partial charge is 0.363 e. The fourth-order valence-electron chi connectivity index (χ4n) is 6.72. The Bertz CT molecular complexity index is 1280. The number of anilines is 2. The quantitative estimate of drug-likeness (QED) is 0.543. The second-order valence-corrected chi connectivity index (χ2v) is 11.5. The van der Waals surface area contributed by atoms with E-state index in [1.165, 1.54) is 17.0 Å². The van der Waals surface area contributed by atoms with Crippen molar-refractivity contribution < 1.29 is 32.6 Å². The number of halogens is 3. The maximum atomic E-state index is 14.4. The molecule has 3 fully saturated rings. The van der Waals surface area contributed by atoms with Gasteiger partial charge in [0.25, 0.3) is 0 Å². The van der Waals surface area contributed by atoms with Crippen molar-refractivity contribution in [1.82, 2.24) is 4.90 Å². The predicted octanol–water partition coefficient (Wildman–Crippen LogP) is 4.71. The number of amides is 3. The van der Waals surface area contributed by atoms with Gasteiger partial charge in [0.15, 0.2) is 5.79 Å². The van der Waals surface area contributed by atoms with Crippen molar-refractivity contribution in [3.8, 4) is 0 Å². The highest BCUT2D eigenvalue weighted by molar-refractivity contribution is 5.95. The number of fused-ring (bicyclic) bond motifs is 1. The number of likely N-dealkylation sites (tertiary alicyclic amines) is 1. The maximum absolute atomic E-state index is 14.4. The molecule has 212 valence electrons. The molecule has 3 heterocycles. The summed E-state index contributed by atoms with van der Waals surface area (Å²) >= 11 is 0. The van der Waals surface area contributed by atoms with Gasteiger partial charge in [0, 0.05) is 56.4 Å². The van der Waals surface area contributed by atoms with Crippen molar-refractivity contribution in [3.63, 3.8) is 0 Å². The van der Waals surface area contributed by atoms with Gasteiger partial charge in [-0.15, -0.1) is 0 Å². The monoisotopic (exact) mass is 555 g/mol. The number of carbonyl (C=O) groups is 2. The Morgan fingerprint density at radius 2 is 1.90 bits per heavy atom. The van der Waals surface area contributed by atoms with E-state index in [1.807, 2.05) is 0 Å². The molecule has 7 nitrogen and oxygen atoms in total. The number of hydrogen-bond donors (Lipinski definition) is 1. The molecule has 1 aliphatic carbocycles. The Kier molecular flexibility index (Phi) is 6.70. The zero-order chi connectivity index (χ0) is 28.1. The molecule has 40 heavy (non-hydrogen) atoms. The van der Waals surface area contributed by atoms with Crippen molar-refractivity contribution in [2.45, 2.75) is 69.1 Å². The van der Waals surface area contributed by atoms with Crippen molar-refractivity contribution >= 4 is 23.3 Å². The van der Waals surface area contributed by atoms with E-state index in [0.717, 1.165) is 5.56 Å². The Hall–Kier alpha value is -3.29. The molecule has 10 heteroatoms. The van der Waals surface area contributed by atoms with Crippen LogP contribution in [0.2, 0.25) is 0 Å². The number of ether oxygens (including phenoxy) is 1. The van der Waals surface area contributed by atoms with Crippen LogP contribution in [0.15, 0.2) is 36.4 Å². The van der Waals surface area contributed by atoms with E-state index >= 15 is 0 Å². The minimum absolute atomic E-state index is 0.0720. The molecule has 1 N–H and O–H groups in total. The first-order chi connectivity index (χ1) is 19.1. The van der Waals surface area contributed by atoms with Gasteiger partial charge in [-0.05, 0) is 61.9 Å². The van der Waals surface area contributed by atoms with E-state index in [9.17, 15) is 27.9 Å². The number of benzene rings is 1. The first-order valence-electron chi connectivity index (χ1n) is 13.9. The molecule has 2 aromatic rings. The first-order valence-corrected chi connectivity index (χ1v) is 13.9. The van der Waals surface area contributed by atoms with E-state index in [0.29, 0.717) is 50.0 Å². The van der Waals surface area contributed by atoms with Crippen LogP contribution in [0, 0.1) is 23.4 Å². The fraction of sp³-hybridized carbons (Fsp3) is 0.533. The molecule has 3 aliphatic heterocycles. The molecule has 0 radical (unpaired) electrons. The fourth-order valence-corrected chi connectivity index (χ4v) is 6.72. The third-order valence-electron chi connectivity index (χ3n) is 9.07. The van der Waals surface area contributed by atoms with Crippen LogP contribution in [0.5, 0.6) is 0 Å². The summed E-state index contributed by atoms with van der Waals surface area (Å²) in [7, 11) is 0. The van der Waals surface area contributed by atoms with Crippen LogP contribution in [-0.4, -0.2) is 65.9 Å². The van der Waals surface area contributed by atoms with Gasteiger partial charge in [0.05, 0.1) is 11.4 Å². The Morgan fingerprint density at radius 1 is 1.12 bits per heavy atom. The lowest BCUT2D eigenvalue weighted by Crippen LogP contribution is -2.55. The molecule has 2 aromatic carbocycles. The van der Waals surface area contributed by atoms with Crippen molar-refractivity contribution in [1.29, 1.82) is 0 Å². The van der Waals surface area contributed by atoms with Gasteiger partial charge in [0.1, 0.15) is 12.4 Å². The Balaban J connectivity index is 1.20. The number of alkyl halides is 2. The standard InChI is InChI=1S/C30H32F3N3O4/c31-22-9-8-21-10-14-35(25(21)17-22)27(38)34-15-12-28(13-16-34,30(39)20-40-30)19-26(37)36(23-5-2-1-3-6-23)24-7-4-11-29(32,33)18-24/h2,5-6,8-9,17,24,39H,4,7,10-16,18-20H2/t24-,30?/m1/s1. The molecule has 0 aromatic heterocycles. The molecule has 1 saturated carbocycles. The number of aliphatic hydroxyl groups is 1. The molecule has 2 saturated heterocycles. The number of epoxide rings is 1. The van der Waals surface area contributed by atoms with Crippen molar-refractivity contribution in [2.24, 2.45) is 5.41 Å². The minimum Gasteiger partial charge on any atom is -0.363 e. The zero-order valence-corrected chi connectivity index (χ0v) is 22.2. The van der Waals surface area contributed by atoms with Gasteiger partial charge >= 0.3 is 6.03 Å². The molecule has 6 rings (SSSR count). The Labute approximate surface area is 231 Å². The van der Waals surface area contributed by atoms with Crippen LogP contribution in [0.3, 0.4) is 0 Å². The first kappa shape index (κ1) is 26.9. The summed E-state index contributed by atoms with van der Waals surface area (Å²) in [6.07, 6.45) is 1.27. The summed E-state index contributed by atoms with van der Waals surface area (Å²) in [6, 6.07) is 13.9. The van der Waals surface area contributed by atoms with Crippen LogP contribution in [-0.2, 0) is 16.0 Å². The van der Waals surface area contributed by atoms with Gasteiger partial charge in [-0.2, -0.15) is 0 Å². The summed E-state index contributed by atoms with van der Waals surface area (Å²) in [5.74, 6) is -5.14.